The Labute approximate surface area is 486 Å². The van der Waals surface area contributed by atoms with Gasteiger partial charge < -0.3 is 50.5 Å². The van der Waals surface area contributed by atoms with Gasteiger partial charge in [0.25, 0.3) is 0 Å². The fourth-order valence-electron chi connectivity index (χ4n) is 10.9. The fourth-order valence-corrected chi connectivity index (χ4v) is 10.9. The molecule has 8 N–H and O–H groups in total. The zero-order valence-corrected chi connectivity index (χ0v) is 51.4. The zero-order valence-electron chi connectivity index (χ0n) is 51.4. The minimum Gasteiger partial charge on any atom is -0.394 e. The summed E-state index contributed by atoms with van der Waals surface area (Å²) in [6.45, 7) is 3.48. The average Bonchev–Trinajstić information content (AvgIpc) is 3.46. The predicted octanol–water partition coefficient (Wildman–Crippen LogP) is 15.8. The van der Waals surface area contributed by atoms with Crippen molar-refractivity contribution in [2.45, 2.75) is 377 Å². The van der Waals surface area contributed by atoms with Crippen LogP contribution in [0.4, 0.5) is 0 Å². The molecule has 0 radical (unpaired) electrons. The van der Waals surface area contributed by atoms with Gasteiger partial charge in [0.05, 0.1) is 25.4 Å². The van der Waals surface area contributed by atoms with Crippen LogP contribution in [0.5, 0.6) is 0 Å². The topological polar surface area (TPSA) is 189 Å². The van der Waals surface area contributed by atoms with Crippen LogP contribution >= 0.6 is 0 Å². The van der Waals surface area contributed by atoms with Crippen LogP contribution in [-0.2, 0) is 14.3 Å². The lowest BCUT2D eigenvalue weighted by Crippen LogP contribution is -2.60. The number of allylic oxidation sites excluding steroid dienone is 6. The molecule has 79 heavy (non-hydrogen) atoms. The number of aliphatic hydroxyl groups excluding tert-OH is 7. The molecular weight excluding hydrogens is 991 g/mol. The number of ether oxygens (including phenoxy) is 2. The van der Waals surface area contributed by atoms with Gasteiger partial charge in [-0.2, -0.15) is 0 Å². The minimum absolute atomic E-state index is 0.243. The summed E-state index contributed by atoms with van der Waals surface area (Å²) in [5.74, 6) is -0.707. The molecule has 9 unspecified atom stereocenters. The lowest BCUT2D eigenvalue weighted by atomic mass is 9.98. The molecule has 11 heteroatoms. The summed E-state index contributed by atoms with van der Waals surface area (Å²) in [4.78, 5) is 13.2. The Hall–Kier alpha value is -1.67. The maximum absolute atomic E-state index is 13.2. The molecule has 1 rings (SSSR count). The van der Waals surface area contributed by atoms with E-state index in [0.29, 0.717) is 19.3 Å². The number of aliphatic hydroxyl groups is 7. The number of nitrogens with one attached hydrogen (secondary N) is 1. The van der Waals surface area contributed by atoms with Crippen LogP contribution in [0.3, 0.4) is 0 Å². The van der Waals surface area contributed by atoms with Crippen LogP contribution in [0.2, 0.25) is 0 Å². The molecule has 1 heterocycles. The van der Waals surface area contributed by atoms with E-state index in [-0.39, 0.29) is 12.8 Å². The third-order valence-electron chi connectivity index (χ3n) is 16.4. The van der Waals surface area contributed by atoms with Crippen LogP contribution in [0.15, 0.2) is 36.5 Å². The second-order valence-electron chi connectivity index (χ2n) is 23.9. The van der Waals surface area contributed by atoms with Crippen molar-refractivity contribution in [3.05, 3.63) is 36.5 Å². The summed E-state index contributed by atoms with van der Waals surface area (Å²) in [5.41, 5.74) is 0. The normalized spacial score (nSPS) is 19.5. The van der Waals surface area contributed by atoms with E-state index in [1.807, 2.05) is 0 Å². The largest absolute Gasteiger partial charge is 0.394 e. The predicted molar refractivity (Wildman–Crippen MR) is 330 cm³/mol. The van der Waals surface area contributed by atoms with Crippen LogP contribution in [0.25, 0.3) is 0 Å². The van der Waals surface area contributed by atoms with Crippen molar-refractivity contribution in [1.29, 1.82) is 0 Å². The lowest BCUT2D eigenvalue weighted by molar-refractivity contribution is -0.303. The van der Waals surface area contributed by atoms with Crippen molar-refractivity contribution < 1.29 is 50.0 Å². The minimum atomic E-state index is -1.67. The van der Waals surface area contributed by atoms with Crippen LogP contribution in [0, 0.1) is 0 Å². The average molecular weight is 1120 g/mol. The number of hydrogen-bond donors (Lipinski definition) is 8. The maximum atomic E-state index is 13.2. The molecule has 466 valence electrons. The van der Waals surface area contributed by atoms with Crippen molar-refractivity contribution in [3.8, 4) is 0 Å². The summed E-state index contributed by atoms with van der Waals surface area (Å²) >= 11 is 0. The molecule has 0 aromatic heterocycles. The fraction of sp³-hybridized carbons (Fsp3) is 0.897. The number of rotatable bonds is 59. The number of carbonyl (C=O) groups is 1. The van der Waals surface area contributed by atoms with E-state index in [2.05, 4.69) is 55.6 Å². The highest BCUT2D eigenvalue weighted by Gasteiger charge is 2.44. The molecular formula is C68H129NO10. The first kappa shape index (κ1) is 75.3. The molecule has 0 spiro atoms. The highest BCUT2D eigenvalue weighted by atomic mass is 16.7. The Morgan fingerprint density at radius 1 is 0.430 bits per heavy atom. The molecule has 9 atom stereocenters. The molecule has 0 aliphatic carbocycles. The second kappa shape index (κ2) is 56.8. The van der Waals surface area contributed by atoms with E-state index in [0.717, 1.165) is 44.9 Å². The van der Waals surface area contributed by atoms with Gasteiger partial charge in [-0.05, 0) is 64.2 Å². The summed E-state index contributed by atoms with van der Waals surface area (Å²) in [7, 11) is 0. The molecule has 0 aromatic rings. The van der Waals surface area contributed by atoms with E-state index in [4.69, 9.17) is 9.47 Å². The summed E-state index contributed by atoms with van der Waals surface area (Å²) < 4.78 is 11.2. The third-order valence-corrected chi connectivity index (χ3v) is 16.4. The molecule has 1 aliphatic heterocycles. The quantitative estimate of drug-likeness (QED) is 0.0215. The Bertz CT molecular complexity index is 1380. The molecule has 0 bridgehead atoms. The monoisotopic (exact) mass is 1120 g/mol. The summed E-state index contributed by atoms with van der Waals surface area (Å²) in [5, 5.41) is 76.4. The Morgan fingerprint density at radius 3 is 1.13 bits per heavy atom. The third kappa shape index (κ3) is 44.5. The van der Waals surface area contributed by atoms with Gasteiger partial charge in [0.1, 0.15) is 36.6 Å². The Balaban J connectivity index is 2.26. The molecule has 1 fully saturated rings. The molecule has 11 nitrogen and oxygen atoms in total. The molecule has 1 amide bonds. The van der Waals surface area contributed by atoms with E-state index < -0.39 is 74.2 Å². The number of carbonyl (C=O) groups excluding carboxylic acids is 1. The highest BCUT2D eigenvalue weighted by molar-refractivity contribution is 5.80. The Morgan fingerprint density at radius 2 is 0.759 bits per heavy atom. The lowest BCUT2D eigenvalue weighted by Gasteiger charge is -2.40. The zero-order chi connectivity index (χ0) is 57.5. The van der Waals surface area contributed by atoms with Gasteiger partial charge in [-0.15, -0.1) is 0 Å². The van der Waals surface area contributed by atoms with Crippen molar-refractivity contribution in [2.75, 3.05) is 13.2 Å². The number of hydrogen-bond acceptors (Lipinski definition) is 10. The SMILES string of the molecule is CCCCCCCCCCCCCCCCCCC/C=C/CC/C=C/CC/C=C/CCCC(O)C(O)C(COC1OC(CO)C(O)C(O)C1O)NC(=O)C(O)CCCCCCCCCCCCCCCCCCCCCCCC. The first-order chi connectivity index (χ1) is 38.7. The Kier molecular flexibility index (Phi) is 54.2. The molecule has 0 saturated carbocycles. The van der Waals surface area contributed by atoms with Crippen molar-refractivity contribution in [2.24, 2.45) is 0 Å². The van der Waals surface area contributed by atoms with Crippen LogP contribution in [0.1, 0.15) is 322 Å². The van der Waals surface area contributed by atoms with E-state index in [1.165, 1.54) is 231 Å². The van der Waals surface area contributed by atoms with E-state index in [9.17, 15) is 40.5 Å². The van der Waals surface area contributed by atoms with E-state index in [1.54, 1.807) is 0 Å². The van der Waals surface area contributed by atoms with Crippen molar-refractivity contribution in [1.82, 2.24) is 5.32 Å². The number of amides is 1. The second-order valence-corrected chi connectivity index (χ2v) is 23.9. The van der Waals surface area contributed by atoms with Gasteiger partial charge in [0, 0.05) is 0 Å². The first-order valence-electron chi connectivity index (χ1n) is 33.9. The molecule has 1 aliphatic rings. The highest BCUT2D eigenvalue weighted by Crippen LogP contribution is 2.24. The first-order valence-corrected chi connectivity index (χ1v) is 33.9. The van der Waals surface area contributed by atoms with Gasteiger partial charge in [-0.25, -0.2) is 0 Å². The molecule has 1 saturated heterocycles. The van der Waals surface area contributed by atoms with E-state index >= 15 is 0 Å². The van der Waals surface area contributed by atoms with Gasteiger partial charge in [0.2, 0.25) is 5.91 Å². The summed E-state index contributed by atoms with van der Waals surface area (Å²) in [6.07, 6.45) is 60.8. The van der Waals surface area contributed by atoms with Crippen LogP contribution < -0.4 is 5.32 Å². The van der Waals surface area contributed by atoms with Gasteiger partial charge in [0.15, 0.2) is 6.29 Å². The number of unbranched alkanes of at least 4 members (excludes halogenated alkanes) is 41. The smallest absolute Gasteiger partial charge is 0.249 e. The standard InChI is InChI=1S/C68H129NO10/c1-3-5-7-9-11-13-15-17-19-21-23-25-27-28-29-30-31-32-33-34-36-37-39-41-43-45-47-49-51-53-55-60(71)63(73)59(58-78-68-66(76)65(75)64(74)62(57-70)79-68)69-67(77)61(72)56-54-52-50-48-46-44-42-40-38-35-26-24-22-20-18-16-14-12-10-8-6-4-2/h33-34,39,41,47,49,59-66,68,70-76H,3-32,35-38,40,42-46,48,50-58H2,1-2H3,(H,69,77)/b34-33+,41-39+,49-47+. The summed E-state index contributed by atoms with van der Waals surface area (Å²) in [6, 6.07) is -1.19. The van der Waals surface area contributed by atoms with Gasteiger partial charge in [-0.1, -0.05) is 294 Å². The van der Waals surface area contributed by atoms with Gasteiger partial charge >= 0.3 is 0 Å². The maximum Gasteiger partial charge on any atom is 0.249 e. The molecule has 0 aromatic carbocycles. The van der Waals surface area contributed by atoms with Gasteiger partial charge in [-0.3, -0.25) is 4.79 Å². The van der Waals surface area contributed by atoms with Crippen molar-refractivity contribution >= 4 is 5.91 Å². The van der Waals surface area contributed by atoms with Crippen molar-refractivity contribution in [3.63, 3.8) is 0 Å². The van der Waals surface area contributed by atoms with Crippen LogP contribution in [-0.4, -0.2) is 110 Å².